The molecular formula is C25H37NO. The first-order chi connectivity index (χ1) is 13.2. The van der Waals surface area contributed by atoms with E-state index in [2.05, 4.69) is 30.7 Å². The highest BCUT2D eigenvalue weighted by Gasteiger charge is 2.05. The number of unbranched alkanes of at least 4 members (excludes halogenated alkanes) is 9. The zero-order valence-electron chi connectivity index (χ0n) is 17.4. The van der Waals surface area contributed by atoms with Crippen molar-refractivity contribution in [3.63, 3.8) is 0 Å². The molecule has 2 nitrogen and oxygen atoms in total. The molecule has 2 rings (SSSR count). The third-order valence-corrected chi connectivity index (χ3v) is 5.45. The van der Waals surface area contributed by atoms with Gasteiger partial charge < -0.3 is 4.57 Å². The Kier molecular flexibility index (Phi) is 9.97. The SMILES string of the molecule is CCCCCCCCC/C=C/CCCCc1cc(=O)c2ccccc2n1C. The van der Waals surface area contributed by atoms with E-state index in [0.717, 1.165) is 35.9 Å². The minimum Gasteiger partial charge on any atom is -0.347 e. The van der Waals surface area contributed by atoms with E-state index in [1.807, 2.05) is 30.3 Å². The molecule has 2 heteroatoms. The number of para-hydroxylation sites is 1. The van der Waals surface area contributed by atoms with Gasteiger partial charge in [0.25, 0.3) is 0 Å². The third kappa shape index (κ3) is 7.36. The second kappa shape index (κ2) is 12.5. The molecule has 0 unspecified atom stereocenters. The Bertz CT molecular complexity index is 756. The fourth-order valence-electron chi connectivity index (χ4n) is 3.72. The first-order valence-electron chi connectivity index (χ1n) is 11.0. The van der Waals surface area contributed by atoms with Gasteiger partial charge in [-0.25, -0.2) is 0 Å². The summed E-state index contributed by atoms with van der Waals surface area (Å²) in [5, 5.41) is 0.817. The summed E-state index contributed by atoms with van der Waals surface area (Å²) in [4.78, 5) is 12.3. The summed E-state index contributed by atoms with van der Waals surface area (Å²) >= 11 is 0. The molecule has 0 aliphatic carbocycles. The van der Waals surface area contributed by atoms with Crippen LogP contribution in [-0.2, 0) is 13.5 Å². The van der Waals surface area contributed by atoms with Crippen LogP contribution in [0, 0.1) is 0 Å². The quantitative estimate of drug-likeness (QED) is 0.277. The molecule has 0 fully saturated rings. The van der Waals surface area contributed by atoms with Crippen LogP contribution in [0.5, 0.6) is 0 Å². The zero-order valence-corrected chi connectivity index (χ0v) is 17.4. The average molecular weight is 368 g/mol. The maximum Gasteiger partial charge on any atom is 0.189 e. The number of fused-ring (bicyclic) bond motifs is 1. The van der Waals surface area contributed by atoms with Crippen molar-refractivity contribution in [1.29, 1.82) is 0 Å². The van der Waals surface area contributed by atoms with Gasteiger partial charge in [0.15, 0.2) is 5.43 Å². The van der Waals surface area contributed by atoms with Crippen molar-refractivity contribution >= 4 is 10.9 Å². The molecule has 0 spiro atoms. The number of hydrogen-bond donors (Lipinski definition) is 0. The maximum atomic E-state index is 12.3. The van der Waals surface area contributed by atoms with Gasteiger partial charge in [0.2, 0.25) is 0 Å². The Hall–Kier alpha value is -1.83. The van der Waals surface area contributed by atoms with E-state index in [1.54, 1.807) is 0 Å². The van der Waals surface area contributed by atoms with E-state index in [1.165, 1.54) is 57.8 Å². The van der Waals surface area contributed by atoms with Crippen LogP contribution in [0.15, 0.2) is 47.3 Å². The van der Waals surface area contributed by atoms with Crippen LogP contribution in [0.25, 0.3) is 10.9 Å². The summed E-state index contributed by atoms with van der Waals surface area (Å²) in [7, 11) is 2.07. The molecule has 0 bridgehead atoms. The molecule has 1 aromatic carbocycles. The van der Waals surface area contributed by atoms with Gasteiger partial charge in [-0.05, 0) is 50.7 Å². The van der Waals surface area contributed by atoms with Gasteiger partial charge in [-0.3, -0.25) is 4.79 Å². The highest BCUT2D eigenvalue weighted by molar-refractivity contribution is 5.79. The Morgan fingerprint density at radius 1 is 0.852 bits per heavy atom. The molecule has 0 saturated heterocycles. The van der Waals surface area contributed by atoms with Crippen molar-refractivity contribution in [2.45, 2.75) is 84.0 Å². The molecule has 1 aromatic heterocycles. The van der Waals surface area contributed by atoms with Crippen molar-refractivity contribution < 1.29 is 0 Å². The van der Waals surface area contributed by atoms with E-state index < -0.39 is 0 Å². The third-order valence-electron chi connectivity index (χ3n) is 5.45. The van der Waals surface area contributed by atoms with E-state index >= 15 is 0 Å². The van der Waals surface area contributed by atoms with Crippen molar-refractivity contribution in [1.82, 2.24) is 4.57 Å². The van der Waals surface area contributed by atoms with Gasteiger partial charge >= 0.3 is 0 Å². The molecule has 0 radical (unpaired) electrons. The largest absolute Gasteiger partial charge is 0.347 e. The summed E-state index contributed by atoms with van der Waals surface area (Å²) in [6.07, 6.45) is 20.0. The fourth-order valence-corrected chi connectivity index (χ4v) is 3.72. The molecule has 27 heavy (non-hydrogen) atoms. The van der Waals surface area contributed by atoms with Gasteiger partial charge in [-0.2, -0.15) is 0 Å². The van der Waals surface area contributed by atoms with Gasteiger partial charge in [-0.15, -0.1) is 0 Å². The highest BCUT2D eigenvalue weighted by atomic mass is 16.1. The van der Waals surface area contributed by atoms with E-state index in [0.29, 0.717) is 0 Å². The normalized spacial score (nSPS) is 11.6. The van der Waals surface area contributed by atoms with Crippen molar-refractivity contribution in [2.24, 2.45) is 7.05 Å². The second-order valence-electron chi connectivity index (χ2n) is 7.70. The summed E-state index contributed by atoms with van der Waals surface area (Å²) in [6.45, 7) is 2.27. The van der Waals surface area contributed by atoms with Gasteiger partial charge in [0.05, 0.1) is 5.52 Å². The molecule has 0 aliphatic rings. The molecule has 0 atom stereocenters. The van der Waals surface area contributed by atoms with Gasteiger partial charge in [0, 0.05) is 24.2 Å². The molecule has 2 aromatic rings. The molecule has 0 aliphatic heterocycles. The summed E-state index contributed by atoms with van der Waals surface area (Å²) < 4.78 is 2.17. The lowest BCUT2D eigenvalue weighted by Gasteiger charge is -2.12. The molecule has 148 valence electrons. The minimum atomic E-state index is 0.147. The molecular weight excluding hydrogens is 330 g/mol. The Labute approximate surface area is 165 Å². The lowest BCUT2D eigenvalue weighted by Crippen LogP contribution is -2.11. The molecule has 1 heterocycles. The second-order valence-corrected chi connectivity index (χ2v) is 7.70. The molecule has 0 amide bonds. The number of rotatable bonds is 13. The van der Waals surface area contributed by atoms with Crippen molar-refractivity contribution in [3.05, 3.63) is 58.4 Å². The van der Waals surface area contributed by atoms with E-state index in [9.17, 15) is 4.79 Å². The topological polar surface area (TPSA) is 22.0 Å². The summed E-state index contributed by atoms with van der Waals surface area (Å²) in [5.41, 5.74) is 2.33. The van der Waals surface area contributed by atoms with Crippen LogP contribution in [-0.4, -0.2) is 4.57 Å². The Morgan fingerprint density at radius 3 is 2.22 bits per heavy atom. The minimum absolute atomic E-state index is 0.147. The maximum absolute atomic E-state index is 12.3. The fraction of sp³-hybridized carbons (Fsp3) is 0.560. The van der Waals surface area contributed by atoms with Crippen LogP contribution in [0.3, 0.4) is 0 Å². The van der Waals surface area contributed by atoms with E-state index in [4.69, 9.17) is 0 Å². The van der Waals surface area contributed by atoms with Crippen LogP contribution >= 0.6 is 0 Å². The summed E-state index contributed by atoms with van der Waals surface area (Å²) in [5.74, 6) is 0. The summed E-state index contributed by atoms with van der Waals surface area (Å²) in [6, 6.07) is 9.70. The standard InChI is InChI=1S/C25H37NO/c1-3-4-5-6-7-8-9-10-11-12-13-14-15-18-22-21-25(27)23-19-16-17-20-24(23)26(22)2/h11-12,16-17,19-21H,3-10,13-15,18H2,1-2H3/b12-11+. The molecule has 0 saturated carbocycles. The number of pyridine rings is 1. The number of hydrogen-bond acceptors (Lipinski definition) is 1. The number of benzene rings is 1. The van der Waals surface area contributed by atoms with Gasteiger partial charge in [0.1, 0.15) is 0 Å². The zero-order chi connectivity index (χ0) is 19.3. The lowest BCUT2D eigenvalue weighted by molar-refractivity contribution is 0.592. The number of aromatic nitrogens is 1. The van der Waals surface area contributed by atoms with Crippen LogP contribution in [0.1, 0.15) is 83.2 Å². The van der Waals surface area contributed by atoms with Gasteiger partial charge in [-0.1, -0.05) is 69.7 Å². The Morgan fingerprint density at radius 2 is 1.48 bits per heavy atom. The smallest absolute Gasteiger partial charge is 0.189 e. The molecule has 0 N–H and O–H groups in total. The average Bonchev–Trinajstić information content (AvgIpc) is 2.69. The predicted octanol–water partition coefficient (Wildman–Crippen LogP) is 6.95. The van der Waals surface area contributed by atoms with Crippen LogP contribution in [0.4, 0.5) is 0 Å². The van der Waals surface area contributed by atoms with Crippen molar-refractivity contribution in [3.8, 4) is 0 Å². The lowest BCUT2D eigenvalue weighted by atomic mass is 10.1. The van der Waals surface area contributed by atoms with Crippen LogP contribution < -0.4 is 5.43 Å². The monoisotopic (exact) mass is 367 g/mol. The highest BCUT2D eigenvalue weighted by Crippen LogP contribution is 2.14. The van der Waals surface area contributed by atoms with Crippen molar-refractivity contribution in [2.75, 3.05) is 0 Å². The van der Waals surface area contributed by atoms with Crippen LogP contribution in [0.2, 0.25) is 0 Å². The number of aryl methyl sites for hydroxylation is 2. The Balaban J connectivity index is 1.61. The first-order valence-corrected chi connectivity index (χ1v) is 11.0. The number of allylic oxidation sites excluding steroid dienone is 2. The number of nitrogens with zero attached hydrogens (tertiary/aromatic N) is 1. The predicted molar refractivity (Wildman–Crippen MR) is 118 cm³/mol. The first kappa shape index (κ1) is 21.5. The van der Waals surface area contributed by atoms with E-state index in [-0.39, 0.29) is 5.43 Å².